The number of hydrogen-bond donors (Lipinski definition) is 1. The van der Waals surface area contributed by atoms with Crippen molar-refractivity contribution in [3.63, 3.8) is 0 Å². The Labute approximate surface area is 119 Å². The van der Waals surface area contributed by atoms with E-state index in [0.29, 0.717) is 12.5 Å². The largest absolute Gasteiger partial charge is 0.480 e. The van der Waals surface area contributed by atoms with Crippen LogP contribution >= 0.6 is 0 Å². The zero-order valence-corrected chi connectivity index (χ0v) is 11.0. The zero-order valence-electron chi connectivity index (χ0n) is 11.0. The number of aliphatic carboxylic acids is 1. The molecular formula is C13H14F2N2O4. The topological polar surface area (TPSA) is 83.7 Å². The minimum atomic E-state index is -2.91. The molecule has 0 spiro atoms. The summed E-state index contributed by atoms with van der Waals surface area (Å²) < 4.78 is 26.3. The normalized spacial score (nSPS) is 14.2. The Morgan fingerprint density at radius 2 is 2.14 bits per heavy atom. The van der Waals surface area contributed by atoms with Crippen molar-refractivity contribution in [1.29, 1.82) is 0 Å². The van der Waals surface area contributed by atoms with Crippen LogP contribution in [0.15, 0.2) is 18.2 Å². The number of hydrogen-bond acceptors (Lipinski definition) is 4. The van der Waals surface area contributed by atoms with E-state index in [1.54, 1.807) is 0 Å². The van der Waals surface area contributed by atoms with E-state index in [0.717, 1.165) is 25.0 Å². The van der Waals surface area contributed by atoms with Gasteiger partial charge in [-0.05, 0) is 24.8 Å². The number of rotatable bonds is 7. The van der Waals surface area contributed by atoms with Crippen LogP contribution in [-0.4, -0.2) is 29.1 Å². The van der Waals surface area contributed by atoms with Gasteiger partial charge in [-0.25, -0.2) is 8.78 Å². The van der Waals surface area contributed by atoms with Crippen LogP contribution in [0.3, 0.4) is 0 Å². The van der Waals surface area contributed by atoms with E-state index in [1.807, 2.05) is 0 Å². The number of halogens is 2. The van der Waals surface area contributed by atoms with Crippen LogP contribution < -0.4 is 4.90 Å². The molecule has 1 fully saturated rings. The molecule has 0 bridgehead atoms. The predicted octanol–water partition coefficient (Wildman–Crippen LogP) is 2.83. The van der Waals surface area contributed by atoms with E-state index in [9.17, 15) is 23.7 Å². The number of nitrogens with zero attached hydrogens (tertiary/aromatic N) is 2. The van der Waals surface area contributed by atoms with Gasteiger partial charge >= 0.3 is 5.97 Å². The Balaban J connectivity index is 2.36. The fourth-order valence-corrected chi connectivity index (χ4v) is 2.14. The second kappa shape index (κ2) is 6.02. The first-order valence-electron chi connectivity index (χ1n) is 6.41. The number of nitro benzene ring substituents is 1. The third-order valence-electron chi connectivity index (χ3n) is 3.30. The van der Waals surface area contributed by atoms with Gasteiger partial charge in [-0.1, -0.05) is 0 Å². The minimum absolute atomic E-state index is 0.0462. The molecule has 0 atom stereocenters. The highest BCUT2D eigenvalue weighted by molar-refractivity contribution is 5.75. The van der Waals surface area contributed by atoms with Crippen molar-refractivity contribution in [2.45, 2.75) is 19.3 Å². The molecule has 8 heteroatoms. The van der Waals surface area contributed by atoms with Crippen LogP contribution in [0.4, 0.5) is 20.2 Å². The molecule has 0 radical (unpaired) electrons. The summed E-state index contributed by atoms with van der Waals surface area (Å²) in [7, 11) is 0. The first-order chi connectivity index (χ1) is 9.88. The maximum atomic E-state index is 13.1. The number of alkyl halides is 2. The van der Waals surface area contributed by atoms with E-state index in [2.05, 4.69) is 0 Å². The molecule has 0 saturated heterocycles. The lowest BCUT2D eigenvalue weighted by Crippen LogP contribution is -2.32. The van der Waals surface area contributed by atoms with Crippen LogP contribution in [-0.2, 0) is 4.79 Å². The van der Waals surface area contributed by atoms with Gasteiger partial charge < -0.3 is 10.0 Å². The van der Waals surface area contributed by atoms with Gasteiger partial charge in [0.25, 0.3) is 12.1 Å². The lowest BCUT2D eigenvalue weighted by atomic mass is 10.1. The molecule has 0 aromatic heterocycles. The number of carboxylic acid groups (broad SMARTS) is 1. The van der Waals surface area contributed by atoms with Gasteiger partial charge in [0, 0.05) is 29.9 Å². The maximum absolute atomic E-state index is 13.1. The Morgan fingerprint density at radius 3 is 2.62 bits per heavy atom. The summed E-state index contributed by atoms with van der Waals surface area (Å²) >= 11 is 0. The lowest BCUT2D eigenvalue weighted by Gasteiger charge is -2.25. The van der Waals surface area contributed by atoms with E-state index in [1.165, 1.54) is 11.0 Å². The Morgan fingerprint density at radius 1 is 1.48 bits per heavy atom. The fourth-order valence-electron chi connectivity index (χ4n) is 2.14. The van der Waals surface area contributed by atoms with Gasteiger partial charge in [0.2, 0.25) is 0 Å². The summed E-state index contributed by atoms with van der Waals surface area (Å²) in [6.45, 7) is -0.0438. The SMILES string of the molecule is O=C(O)CN(CC1CC1)c1ccc([N+](=O)[O-])cc1C(F)F. The average molecular weight is 300 g/mol. The quantitative estimate of drug-likeness (QED) is 0.618. The molecule has 1 N–H and O–H groups in total. The second-order valence-corrected chi connectivity index (χ2v) is 5.02. The number of nitro groups is 1. The lowest BCUT2D eigenvalue weighted by molar-refractivity contribution is -0.385. The standard InChI is InChI=1S/C13H14F2N2O4/c14-13(15)10-5-9(17(20)21)3-4-11(10)16(7-12(18)19)6-8-1-2-8/h3-5,8,13H,1-2,6-7H2,(H,18,19). The molecule has 0 heterocycles. The van der Waals surface area contributed by atoms with Crippen LogP contribution in [0.1, 0.15) is 24.8 Å². The maximum Gasteiger partial charge on any atom is 0.323 e. The van der Waals surface area contributed by atoms with Crippen molar-refractivity contribution in [2.24, 2.45) is 5.92 Å². The van der Waals surface area contributed by atoms with Gasteiger partial charge in [-0.2, -0.15) is 0 Å². The van der Waals surface area contributed by atoms with Gasteiger partial charge in [0.05, 0.1) is 4.92 Å². The minimum Gasteiger partial charge on any atom is -0.480 e. The van der Waals surface area contributed by atoms with Crippen molar-refractivity contribution in [3.05, 3.63) is 33.9 Å². The van der Waals surface area contributed by atoms with Crippen LogP contribution in [0.5, 0.6) is 0 Å². The van der Waals surface area contributed by atoms with Crippen molar-refractivity contribution in [3.8, 4) is 0 Å². The average Bonchev–Trinajstić information content (AvgIpc) is 3.20. The van der Waals surface area contributed by atoms with Gasteiger partial charge in [0.1, 0.15) is 6.54 Å². The fraction of sp³-hybridized carbons (Fsp3) is 0.462. The molecule has 114 valence electrons. The van der Waals surface area contributed by atoms with Crippen LogP contribution in [0, 0.1) is 16.0 Å². The van der Waals surface area contributed by atoms with E-state index >= 15 is 0 Å². The zero-order chi connectivity index (χ0) is 15.6. The molecule has 1 saturated carbocycles. The molecular weight excluding hydrogens is 286 g/mol. The summed E-state index contributed by atoms with van der Waals surface area (Å²) in [5.74, 6) is -0.834. The highest BCUT2D eigenvalue weighted by Crippen LogP contribution is 2.36. The van der Waals surface area contributed by atoms with Crippen molar-refractivity contribution in [2.75, 3.05) is 18.0 Å². The summed E-state index contributed by atoms with van der Waals surface area (Å²) in [4.78, 5) is 22.2. The first kappa shape index (κ1) is 15.1. The number of non-ortho nitro benzene ring substituents is 1. The number of carboxylic acids is 1. The molecule has 1 aromatic rings. The van der Waals surface area contributed by atoms with E-state index < -0.39 is 35.1 Å². The Hall–Kier alpha value is -2.25. The monoisotopic (exact) mass is 300 g/mol. The predicted molar refractivity (Wildman–Crippen MR) is 70.6 cm³/mol. The summed E-state index contributed by atoms with van der Waals surface area (Å²) in [6, 6.07) is 3.12. The molecule has 0 unspecified atom stereocenters. The molecule has 1 aliphatic carbocycles. The molecule has 0 amide bonds. The van der Waals surface area contributed by atoms with Gasteiger partial charge in [0.15, 0.2) is 0 Å². The first-order valence-corrected chi connectivity index (χ1v) is 6.41. The summed E-state index contributed by atoms with van der Waals surface area (Å²) in [5.41, 5.74) is -0.897. The second-order valence-electron chi connectivity index (χ2n) is 5.02. The third kappa shape index (κ3) is 3.87. The molecule has 6 nitrogen and oxygen atoms in total. The summed E-state index contributed by atoms with van der Waals surface area (Å²) in [6.07, 6.45) is -1.03. The van der Waals surface area contributed by atoms with E-state index in [-0.39, 0.29) is 5.69 Å². The van der Waals surface area contributed by atoms with Crippen molar-refractivity contribution < 1.29 is 23.6 Å². The summed E-state index contributed by atoms with van der Waals surface area (Å²) in [5, 5.41) is 19.6. The van der Waals surface area contributed by atoms with Crippen molar-refractivity contribution >= 4 is 17.3 Å². The van der Waals surface area contributed by atoms with Crippen LogP contribution in [0.25, 0.3) is 0 Å². The molecule has 21 heavy (non-hydrogen) atoms. The Bertz CT molecular complexity index is 561. The van der Waals surface area contributed by atoms with Crippen LogP contribution in [0.2, 0.25) is 0 Å². The van der Waals surface area contributed by atoms with Gasteiger partial charge in [-0.15, -0.1) is 0 Å². The van der Waals surface area contributed by atoms with E-state index in [4.69, 9.17) is 5.11 Å². The smallest absolute Gasteiger partial charge is 0.323 e. The molecule has 2 rings (SSSR count). The van der Waals surface area contributed by atoms with Gasteiger partial charge in [-0.3, -0.25) is 14.9 Å². The number of benzene rings is 1. The molecule has 1 aliphatic rings. The molecule has 1 aromatic carbocycles. The third-order valence-corrected chi connectivity index (χ3v) is 3.30. The number of anilines is 1. The highest BCUT2D eigenvalue weighted by atomic mass is 19.3. The number of carbonyl (C=O) groups is 1. The van der Waals surface area contributed by atoms with Crippen molar-refractivity contribution in [1.82, 2.24) is 0 Å². The highest BCUT2D eigenvalue weighted by Gasteiger charge is 2.28. The Kier molecular flexibility index (Phi) is 4.35. The molecule has 0 aliphatic heterocycles.